The van der Waals surface area contributed by atoms with Crippen LogP contribution in [0.25, 0.3) is 0 Å². The van der Waals surface area contributed by atoms with Gasteiger partial charge in [0.05, 0.1) is 25.7 Å². The lowest BCUT2D eigenvalue weighted by Crippen LogP contribution is -2.61. The third-order valence-electron chi connectivity index (χ3n) is 6.39. The van der Waals surface area contributed by atoms with E-state index in [1.807, 2.05) is 58.0 Å². The Kier molecular flexibility index (Phi) is 4.38. The molecule has 0 bridgehead atoms. The van der Waals surface area contributed by atoms with E-state index in [1.54, 1.807) is 4.90 Å². The van der Waals surface area contributed by atoms with Crippen LogP contribution in [0.4, 0.5) is 0 Å². The van der Waals surface area contributed by atoms with Crippen LogP contribution < -0.4 is 0 Å². The summed E-state index contributed by atoms with van der Waals surface area (Å²) in [6, 6.07) is 9.89. The zero-order chi connectivity index (χ0) is 19.4. The summed E-state index contributed by atoms with van der Waals surface area (Å²) in [4.78, 5) is 15.1. The fraction of sp³-hybridized carbons (Fsp3) is 0.667. The van der Waals surface area contributed by atoms with Crippen LogP contribution in [0.5, 0.6) is 0 Å². The Bertz CT molecular complexity index is 717. The van der Waals surface area contributed by atoms with Gasteiger partial charge < -0.3 is 24.2 Å². The van der Waals surface area contributed by atoms with Crippen molar-refractivity contribution in [3.63, 3.8) is 0 Å². The van der Waals surface area contributed by atoms with Gasteiger partial charge in [0.1, 0.15) is 17.4 Å². The highest BCUT2D eigenvalue weighted by atomic mass is 16.7. The molecule has 1 aromatic carbocycles. The van der Waals surface area contributed by atoms with E-state index in [0.717, 1.165) is 5.56 Å². The molecule has 3 fully saturated rings. The first kappa shape index (κ1) is 18.9. The second kappa shape index (κ2) is 6.27. The predicted molar refractivity (Wildman–Crippen MR) is 98.5 cm³/mol. The van der Waals surface area contributed by atoms with E-state index < -0.39 is 17.4 Å². The number of benzene rings is 1. The molecule has 5 atom stereocenters. The first-order valence-corrected chi connectivity index (χ1v) is 9.62. The summed E-state index contributed by atoms with van der Waals surface area (Å²) in [5.74, 6) is -0.339. The van der Waals surface area contributed by atoms with Gasteiger partial charge in [0.15, 0.2) is 6.29 Å². The predicted octanol–water partition coefficient (Wildman–Crippen LogP) is 2.30. The largest absolute Gasteiger partial charge is 0.394 e. The quantitative estimate of drug-likeness (QED) is 0.875. The average molecular weight is 375 g/mol. The molecule has 4 rings (SSSR count). The summed E-state index contributed by atoms with van der Waals surface area (Å²) in [5, 5.41) is 10.3. The monoisotopic (exact) mass is 375 g/mol. The molecule has 6 nitrogen and oxygen atoms in total. The molecule has 0 saturated carbocycles. The number of carbonyl (C=O) groups is 1. The van der Waals surface area contributed by atoms with Gasteiger partial charge in [-0.15, -0.1) is 0 Å². The zero-order valence-electron chi connectivity index (χ0n) is 16.5. The van der Waals surface area contributed by atoms with Crippen LogP contribution in [0, 0.1) is 11.3 Å². The van der Waals surface area contributed by atoms with Gasteiger partial charge in [-0.2, -0.15) is 0 Å². The van der Waals surface area contributed by atoms with Gasteiger partial charge in [0, 0.05) is 11.8 Å². The minimum absolute atomic E-state index is 0.00483. The molecule has 0 aromatic heterocycles. The fourth-order valence-corrected chi connectivity index (χ4v) is 4.83. The molecule has 1 aromatic rings. The van der Waals surface area contributed by atoms with Crippen molar-refractivity contribution < 1.29 is 24.1 Å². The maximum atomic E-state index is 13.3. The second-order valence-electron chi connectivity index (χ2n) is 9.17. The van der Waals surface area contributed by atoms with Gasteiger partial charge in [-0.05, 0) is 12.5 Å². The van der Waals surface area contributed by atoms with Gasteiger partial charge >= 0.3 is 0 Å². The molecular weight excluding hydrogens is 346 g/mol. The molecule has 0 radical (unpaired) electrons. The molecule has 3 heterocycles. The van der Waals surface area contributed by atoms with E-state index >= 15 is 0 Å². The molecule has 0 spiro atoms. The first-order chi connectivity index (χ1) is 12.7. The molecule has 27 heavy (non-hydrogen) atoms. The molecule has 1 N–H and O–H groups in total. The van der Waals surface area contributed by atoms with Gasteiger partial charge in [-0.25, -0.2) is 0 Å². The summed E-state index contributed by atoms with van der Waals surface area (Å²) in [6.07, 6.45) is -0.340. The third kappa shape index (κ3) is 2.65. The number of hydrogen-bond acceptors (Lipinski definition) is 5. The number of ether oxygens (including phenoxy) is 3. The normalized spacial score (nSPS) is 38.3. The molecule has 148 valence electrons. The van der Waals surface area contributed by atoms with Crippen LogP contribution >= 0.6 is 0 Å². The van der Waals surface area contributed by atoms with Crippen LogP contribution in [0.3, 0.4) is 0 Å². The van der Waals surface area contributed by atoms with E-state index in [1.165, 1.54) is 0 Å². The maximum absolute atomic E-state index is 13.3. The Balaban J connectivity index is 1.56. The Hall–Kier alpha value is -1.47. The number of rotatable bonds is 4. The first-order valence-electron chi connectivity index (χ1n) is 9.62. The number of hydrogen-bond donors (Lipinski definition) is 1. The molecule has 3 aliphatic heterocycles. The summed E-state index contributed by atoms with van der Waals surface area (Å²) in [5.41, 5.74) is -0.882. The van der Waals surface area contributed by atoms with Crippen LogP contribution in [-0.2, 0) is 25.6 Å². The van der Waals surface area contributed by atoms with Crippen LogP contribution in [0.2, 0.25) is 0 Å². The molecule has 0 unspecified atom stereocenters. The number of fused-ring (bicyclic) bond motifs is 3. The van der Waals surface area contributed by atoms with Crippen molar-refractivity contribution >= 4 is 5.91 Å². The minimum atomic E-state index is -0.864. The van der Waals surface area contributed by atoms with Crippen molar-refractivity contribution in [2.24, 2.45) is 11.3 Å². The number of aliphatic hydroxyl groups excluding tert-OH is 1. The van der Waals surface area contributed by atoms with Crippen molar-refractivity contribution in [2.75, 3.05) is 13.2 Å². The average Bonchev–Trinajstić information content (AvgIpc) is 3.23. The fourth-order valence-electron chi connectivity index (χ4n) is 4.83. The molecular formula is C21H29NO5. The highest BCUT2D eigenvalue weighted by Crippen LogP contribution is 2.57. The zero-order valence-corrected chi connectivity index (χ0v) is 16.5. The summed E-state index contributed by atoms with van der Waals surface area (Å²) in [6.45, 7) is 8.56. The lowest BCUT2D eigenvalue weighted by molar-refractivity contribution is -0.202. The third-order valence-corrected chi connectivity index (χ3v) is 6.39. The highest BCUT2D eigenvalue weighted by molar-refractivity contribution is 5.86. The summed E-state index contributed by atoms with van der Waals surface area (Å²) in [7, 11) is 0. The van der Waals surface area contributed by atoms with Gasteiger partial charge in [0.25, 0.3) is 0 Å². The van der Waals surface area contributed by atoms with E-state index in [0.29, 0.717) is 13.0 Å². The van der Waals surface area contributed by atoms with E-state index in [4.69, 9.17) is 14.2 Å². The minimum Gasteiger partial charge on any atom is -0.394 e. The Morgan fingerprint density at radius 1 is 1.30 bits per heavy atom. The smallest absolute Gasteiger partial charge is 0.231 e. The summed E-state index contributed by atoms with van der Waals surface area (Å²) >= 11 is 0. The standard InChI is InChI=1S/C21H29NO5/c1-19(2,3)18-22-17(24)15-10-16(25-11-14-8-6-5-7-9-14)27-20(15,4)21(22,12-23)13-26-18/h5-9,15-16,18,23H,10-13H2,1-4H3/t15-,16+,18-,20-,21-/m0/s1. The van der Waals surface area contributed by atoms with Crippen molar-refractivity contribution in [3.05, 3.63) is 35.9 Å². The number of carbonyl (C=O) groups excluding carboxylic acids is 1. The summed E-state index contributed by atoms with van der Waals surface area (Å²) < 4.78 is 18.3. The molecule has 3 aliphatic rings. The SMILES string of the molecule is CC(C)(C)[C@@H]1OC[C@]2(CO)N1C(=O)[C@@H]1C[C@H](OCc3ccccc3)O[C@@]12C. The van der Waals surface area contributed by atoms with E-state index in [-0.39, 0.29) is 36.7 Å². The van der Waals surface area contributed by atoms with Crippen LogP contribution in [0.15, 0.2) is 30.3 Å². The molecule has 6 heteroatoms. The van der Waals surface area contributed by atoms with Crippen molar-refractivity contribution in [1.29, 1.82) is 0 Å². The van der Waals surface area contributed by atoms with Crippen molar-refractivity contribution in [1.82, 2.24) is 4.90 Å². The number of nitrogens with zero attached hydrogens (tertiary/aromatic N) is 1. The van der Waals surface area contributed by atoms with Gasteiger partial charge in [-0.1, -0.05) is 51.1 Å². The van der Waals surface area contributed by atoms with Crippen LogP contribution in [0.1, 0.15) is 39.7 Å². The van der Waals surface area contributed by atoms with Gasteiger partial charge in [-0.3, -0.25) is 4.79 Å². The van der Waals surface area contributed by atoms with Crippen LogP contribution in [-0.4, -0.2) is 52.8 Å². The van der Waals surface area contributed by atoms with E-state index in [9.17, 15) is 9.90 Å². The highest BCUT2D eigenvalue weighted by Gasteiger charge is 2.75. The number of amides is 1. The van der Waals surface area contributed by atoms with Gasteiger partial charge in [0.2, 0.25) is 5.91 Å². The second-order valence-corrected chi connectivity index (χ2v) is 9.17. The Labute approximate surface area is 160 Å². The Morgan fingerprint density at radius 3 is 2.63 bits per heavy atom. The van der Waals surface area contributed by atoms with Crippen molar-refractivity contribution in [2.45, 2.75) is 64.4 Å². The molecule has 3 saturated heterocycles. The Morgan fingerprint density at radius 2 is 2.00 bits per heavy atom. The number of aliphatic hydroxyl groups is 1. The lowest BCUT2D eigenvalue weighted by atomic mass is 9.77. The maximum Gasteiger partial charge on any atom is 0.231 e. The topological polar surface area (TPSA) is 68.2 Å². The van der Waals surface area contributed by atoms with E-state index in [2.05, 4.69) is 0 Å². The lowest BCUT2D eigenvalue weighted by Gasteiger charge is -2.42. The molecule has 1 amide bonds. The molecule has 0 aliphatic carbocycles. The van der Waals surface area contributed by atoms with Crippen molar-refractivity contribution in [3.8, 4) is 0 Å².